The van der Waals surface area contributed by atoms with Crippen LogP contribution < -0.4 is 5.32 Å². The lowest BCUT2D eigenvalue weighted by Crippen LogP contribution is -2.42. The maximum absolute atomic E-state index is 12.6. The van der Waals surface area contributed by atoms with Crippen LogP contribution in [0.15, 0.2) is 48.5 Å². The first-order valence-electron chi connectivity index (χ1n) is 9.71. The van der Waals surface area contributed by atoms with Gasteiger partial charge in [-0.1, -0.05) is 12.1 Å². The Bertz CT molecular complexity index is 1080. The van der Waals surface area contributed by atoms with Gasteiger partial charge in [-0.05, 0) is 56.2 Å². The summed E-state index contributed by atoms with van der Waals surface area (Å²) >= 11 is 1.64. The molecule has 0 saturated carbocycles. The van der Waals surface area contributed by atoms with Crippen LogP contribution in [-0.2, 0) is 14.8 Å². The van der Waals surface area contributed by atoms with E-state index in [2.05, 4.69) is 16.4 Å². The average Bonchev–Trinajstić information content (AvgIpc) is 3.18. The molecule has 152 valence electrons. The fourth-order valence-corrected chi connectivity index (χ4v) is 5.62. The monoisotopic (exact) mass is 429 g/mol. The van der Waals surface area contributed by atoms with Crippen LogP contribution in [0.3, 0.4) is 0 Å². The number of thiazole rings is 1. The molecule has 4 rings (SSSR count). The van der Waals surface area contributed by atoms with Crippen LogP contribution in [0.4, 0.5) is 5.69 Å². The van der Waals surface area contributed by atoms with Crippen molar-refractivity contribution in [3.63, 3.8) is 0 Å². The van der Waals surface area contributed by atoms with Crippen molar-refractivity contribution in [1.29, 1.82) is 0 Å². The van der Waals surface area contributed by atoms with Gasteiger partial charge in [0.2, 0.25) is 15.9 Å². The zero-order valence-electron chi connectivity index (χ0n) is 16.2. The average molecular weight is 430 g/mol. The second kappa shape index (κ2) is 8.22. The Morgan fingerprint density at radius 1 is 1.14 bits per heavy atom. The predicted octanol–water partition coefficient (Wildman–Crippen LogP) is 3.96. The van der Waals surface area contributed by atoms with Gasteiger partial charge >= 0.3 is 0 Å². The normalized spacial score (nSPS) is 16.2. The molecule has 2 aromatic carbocycles. The number of amides is 1. The fourth-order valence-electron chi connectivity index (χ4n) is 3.51. The van der Waals surface area contributed by atoms with Gasteiger partial charge in [-0.2, -0.15) is 0 Å². The second-order valence-corrected chi connectivity index (χ2v) is 10.4. The number of carbonyl (C=O) groups is 1. The van der Waals surface area contributed by atoms with Crippen molar-refractivity contribution in [3.8, 4) is 10.6 Å². The number of nitrogens with one attached hydrogen (secondary N) is 1. The molecule has 0 bridgehead atoms. The molecular formula is C21H23N3O3S2. The lowest BCUT2D eigenvalue weighted by Gasteiger charge is -2.30. The molecule has 0 radical (unpaired) electrons. The molecule has 1 aliphatic heterocycles. The van der Waals surface area contributed by atoms with Gasteiger partial charge in [0.25, 0.3) is 0 Å². The van der Waals surface area contributed by atoms with E-state index in [9.17, 15) is 13.2 Å². The molecular weight excluding hydrogens is 406 g/mol. The Balaban J connectivity index is 1.38. The molecule has 1 fully saturated rings. The molecule has 1 aliphatic rings. The third-order valence-electron chi connectivity index (χ3n) is 5.28. The zero-order valence-corrected chi connectivity index (χ0v) is 17.8. The van der Waals surface area contributed by atoms with Crippen LogP contribution in [0.1, 0.15) is 19.8 Å². The quantitative estimate of drug-likeness (QED) is 0.666. The first-order valence-corrected chi connectivity index (χ1v) is 12.1. The Labute approximate surface area is 174 Å². The molecule has 1 aromatic heterocycles. The molecule has 6 nitrogen and oxygen atoms in total. The number of aromatic nitrogens is 1. The van der Waals surface area contributed by atoms with Crippen LogP contribution in [0.2, 0.25) is 0 Å². The molecule has 0 atom stereocenters. The number of rotatable bonds is 5. The number of hydrogen-bond donors (Lipinski definition) is 1. The summed E-state index contributed by atoms with van der Waals surface area (Å²) in [5.74, 6) is -0.112. The number of sulfonamides is 1. The van der Waals surface area contributed by atoms with Crippen molar-refractivity contribution < 1.29 is 13.2 Å². The van der Waals surface area contributed by atoms with Gasteiger partial charge < -0.3 is 5.32 Å². The van der Waals surface area contributed by atoms with Crippen molar-refractivity contribution in [2.45, 2.75) is 19.8 Å². The number of benzene rings is 2. The molecule has 1 saturated heterocycles. The van der Waals surface area contributed by atoms with Crippen LogP contribution in [-0.4, -0.2) is 42.5 Å². The summed E-state index contributed by atoms with van der Waals surface area (Å²) in [7, 11) is -3.17. The van der Waals surface area contributed by atoms with Gasteiger partial charge in [0.1, 0.15) is 5.01 Å². The van der Waals surface area contributed by atoms with E-state index < -0.39 is 10.0 Å². The molecule has 1 N–H and O–H groups in total. The highest BCUT2D eigenvalue weighted by Crippen LogP contribution is 2.30. The Hall–Kier alpha value is -2.29. The Morgan fingerprint density at radius 3 is 2.48 bits per heavy atom. The number of carbonyl (C=O) groups excluding carboxylic acids is 1. The van der Waals surface area contributed by atoms with Crippen molar-refractivity contribution in [2.24, 2.45) is 5.92 Å². The smallest absolute Gasteiger partial charge is 0.227 e. The van der Waals surface area contributed by atoms with Gasteiger partial charge in [0, 0.05) is 30.3 Å². The molecule has 29 heavy (non-hydrogen) atoms. The van der Waals surface area contributed by atoms with E-state index >= 15 is 0 Å². The van der Waals surface area contributed by atoms with Crippen LogP contribution in [0, 0.1) is 5.92 Å². The lowest BCUT2D eigenvalue weighted by atomic mass is 9.97. The Morgan fingerprint density at radius 2 is 1.83 bits per heavy atom. The summed E-state index contributed by atoms with van der Waals surface area (Å²) in [4.78, 5) is 17.2. The maximum Gasteiger partial charge on any atom is 0.227 e. The van der Waals surface area contributed by atoms with E-state index in [4.69, 9.17) is 0 Å². The number of nitrogens with zero attached hydrogens (tertiary/aromatic N) is 2. The number of hydrogen-bond acceptors (Lipinski definition) is 5. The van der Waals surface area contributed by atoms with E-state index in [1.54, 1.807) is 18.3 Å². The van der Waals surface area contributed by atoms with Crippen molar-refractivity contribution in [3.05, 3.63) is 48.5 Å². The highest BCUT2D eigenvalue weighted by atomic mass is 32.2. The van der Waals surface area contributed by atoms with E-state index in [0.717, 1.165) is 26.5 Å². The van der Waals surface area contributed by atoms with Gasteiger partial charge in [0.15, 0.2) is 0 Å². The van der Waals surface area contributed by atoms with E-state index in [-0.39, 0.29) is 17.6 Å². The van der Waals surface area contributed by atoms with Gasteiger partial charge in [-0.3, -0.25) is 4.79 Å². The third-order valence-corrected chi connectivity index (χ3v) is 8.24. The summed E-state index contributed by atoms with van der Waals surface area (Å²) in [6.45, 7) is 2.46. The molecule has 3 aromatic rings. The standard InChI is InChI=1S/C21H23N3O3S2/c1-2-29(26,27)24-13-11-15(12-14-24)20(25)22-17-9-7-16(8-10-17)21-23-18-5-3-4-6-19(18)28-21/h3-10,15H,2,11-14H2,1H3,(H,22,25). The maximum atomic E-state index is 12.6. The first-order chi connectivity index (χ1) is 14.0. The van der Waals surface area contributed by atoms with Gasteiger partial charge in [-0.25, -0.2) is 17.7 Å². The van der Waals surface area contributed by atoms with Crippen molar-refractivity contribution in [2.75, 3.05) is 24.2 Å². The minimum absolute atomic E-state index is 0.0497. The Kier molecular flexibility index (Phi) is 5.67. The number of piperidine rings is 1. The third kappa shape index (κ3) is 4.34. The molecule has 0 unspecified atom stereocenters. The van der Waals surface area contributed by atoms with Crippen LogP contribution in [0.5, 0.6) is 0 Å². The van der Waals surface area contributed by atoms with Gasteiger partial charge in [0.05, 0.1) is 16.0 Å². The lowest BCUT2D eigenvalue weighted by molar-refractivity contribution is -0.120. The summed E-state index contributed by atoms with van der Waals surface area (Å²) in [5.41, 5.74) is 2.74. The van der Waals surface area contributed by atoms with E-state index in [0.29, 0.717) is 25.9 Å². The highest BCUT2D eigenvalue weighted by Gasteiger charge is 2.30. The molecule has 0 aliphatic carbocycles. The largest absolute Gasteiger partial charge is 0.326 e. The molecule has 8 heteroatoms. The summed E-state index contributed by atoms with van der Waals surface area (Å²) in [6.07, 6.45) is 1.10. The summed E-state index contributed by atoms with van der Waals surface area (Å²) in [5, 5.41) is 3.91. The first kappa shape index (κ1) is 20.0. The summed E-state index contributed by atoms with van der Waals surface area (Å²) < 4.78 is 26.5. The fraction of sp³-hybridized carbons (Fsp3) is 0.333. The minimum atomic E-state index is -3.17. The van der Waals surface area contributed by atoms with E-state index in [1.807, 2.05) is 42.5 Å². The number of para-hydroxylation sites is 1. The number of anilines is 1. The predicted molar refractivity (Wildman–Crippen MR) is 117 cm³/mol. The number of fused-ring (bicyclic) bond motifs is 1. The summed E-state index contributed by atoms with van der Waals surface area (Å²) in [6, 6.07) is 15.7. The minimum Gasteiger partial charge on any atom is -0.326 e. The van der Waals surface area contributed by atoms with Crippen LogP contribution in [0.25, 0.3) is 20.8 Å². The molecule has 2 heterocycles. The highest BCUT2D eigenvalue weighted by molar-refractivity contribution is 7.89. The van der Waals surface area contributed by atoms with Crippen molar-refractivity contribution in [1.82, 2.24) is 9.29 Å². The zero-order chi connectivity index (χ0) is 20.4. The SMILES string of the molecule is CCS(=O)(=O)N1CCC(C(=O)Nc2ccc(-c3nc4ccccc4s3)cc2)CC1. The van der Waals surface area contributed by atoms with Crippen LogP contribution >= 0.6 is 11.3 Å². The molecule has 0 spiro atoms. The van der Waals surface area contributed by atoms with Crippen molar-refractivity contribution >= 4 is 43.2 Å². The van der Waals surface area contributed by atoms with E-state index in [1.165, 1.54) is 4.31 Å². The second-order valence-electron chi connectivity index (χ2n) is 7.13. The molecule has 1 amide bonds. The topological polar surface area (TPSA) is 79.4 Å². The van der Waals surface area contributed by atoms with Gasteiger partial charge in [-0.15, -0.1) is 11.3 Å².